The summed E-state index contributed by atoms with van der Waals surface area (Å²) in [6.07, 6.45) is 0.542. The Morgan fingerprint density at radius 2 is 1.94 bits per heavy atom. The van der Waals surface area contributed by atoms with Crippen LogP contribution < -0.4 is 0 Å². The van der Waals surface area contributed by atoms with E-state index in [1.165, 1.54) is 0 Å². The summed E-state index contributed by atoms with van der Waals surface area (Å²) in [5.74, 6) is -1.12. The van der Waals surface area contributed by atoms with Crippen LogP contribution in [0.15, 0.2) is 30.3 Å². The van der Waals surface area contributed by atoms with Crippen LogP contribution in [0.4, 0.5) is 0 Å². The topological polar surface area (TPSA) is 77.8 Å². The lowest BCUT2D eigenvalue weighted by Gasteiger charge is -2.14. The molecule has 0 spiro atoms. The largest absolute Gasteiger partial charge is 0.480 e. The lowest BCUT2D eigenvalue weighted by atomic mass is 10.1. The van der Waals surface area contributed by atoms with Gasteiger partial charge in [-0.3, -0.25) is 9.35 Å². The molecule has 0 radical (unpaired) electrons. The summed E-state index contributed by atoms with van der Waals surface area (Å²) in [5, 5.41) is 8.54. The highest BCUT2D eigenvalue weighted by atomic mass is 32.2. The van der Waals surface area contributed by atoms with E-state index in [1.54, 1.807) is 0 Å². The summed E-state index contributed by atoms with van der Waals surface area (Å²) in [4.78, 5) is 10.4. The first-order chi connectivity index (χ1) is 7.59. The van der Waals surface area contributed by atoms with Crippen LogP contribution in [0.2, 0.25) is 0 Å². The molecule has 0 bridgehead atoms. The number of carboxylic acids is 1. The Morgan fingerprint density at radius 3 is 2.44 bits per heavy atom. The Morgan fingerprint density at radius 1 is 1.31 bits per heavy atom. The molecule has 16 heavy (non-hydrogen) atoms. The molecule has 1 aromatic carbocycles. The highest BCUT2D eigenvalue weighted by molar-refractivity contribution is 7.76. The van der Waals surface area contributed by atoms with Crippen LogP contribution in [0, 0.1) is 0 Å². The Bertz CT molecular complexity index is 368. The van der Waals surface area contributed by atoms with Crippen molar-refractivity contribution in [1.82, 2.24) is 4.31 Å². The first-order valence-electron chi connectivity index (χ1n) is 4.71. The van der Waals surface area contributed by atoms with E-state index in [1.807, 2.05) is 30.3 Å². The van der Waals surface area contributed by atoms with Gasteiger partial charge in [-0.1, -0.05) is 30.3 Å². The van der Waals surface area contributed by atoms with Crippen molar-refractivity contribution in [2.45, 2.75) is 6.42 Å². The fraction of sp³-hybridized carbons (Fsp3) is 0.300. The van der Waals surface area contributed by atoms with E-state index in [0.717, 1.165) is 9.87 Å². The Kier molecular flexibility index (Phi) is 5.10. The molecule has 1 unspecified atom stereocenters. The van der Waals surface area contributed by atoms with Crippen LogP contribution in [0.25, 0.3) is 0 Å². The maximum atomic E-state index is 10.8. The van der Waals surface area contributed by atoms with Gasteiger partial charge in [-0.15, -0.1) is 0 Å². The van der Waals surface area contributed by atoms with E-state index in [9.17, 15) is 9.00 Å². The van der Waals surface area contributed by atoms with Gasteiger partial charge in [0.15, 0.2) is 0 Å². The zero-order chi connectivity index (χ0) is 12.0. The second kappa shape index (κ2) is 6.37. The van der Waals surface area contributed by atoms with Crippen LogP contribution in [-0.4, -0.2) is 37.2 Å². The highest BCUT2D eigenvalue weighted by Crippen LogP contribution is 2.02. The maximum absolute atomic E-state index is 10.8. The van der Waals surface area contributed by atoms with E-state index in [-0.39, 0.29) is 6.54 Å². The minimum atomic E-state index is -2.25. The molecule has 0 aromatic heterocycles. The van der Waals surface area contributed by atoms with Gasteiger partial charge in [0.25, 0.3) is 0 Å². The van der Waals surface area contributed by atoms with Gasteiger partial charge in [0.2, 0.25) is 11.3 Å². The van der Waals surface area contributed by atoms with E-state index in [0.29, 0.717) is 6.42 Å². The number of carbonyl (C=O) groups is 1. The van der Waals surface area contributed by atoms with Gasteiger partial charge in [0, 0.05) is 6.54 Å². The van der Waals surface area contributed by atoms with E-state index < -0.39 is 23.8 Å². The molecule has 0 heterocycles. The standard InChI is InChI=1S/C10H13NO4S/c12-10(13)8-11(16(14)15)7-6-9-4-2-1-3-5-9/h1-5H,6-8H2,(H,12,13)(H,14,15). The highest BCUT2D eigenvalue weighted by Gasteiger charge is 2.14. The zero-order valence-electron chi connectivity index (χ0n) is 8.57. The van der Waals surface area contributed by atoms with Crippen LogP contribution in [0.5, 0.6) is 0 Å². The number of nitrogens with zero attached hydrogens (tertiary/aromatic N) is 1. The third-order valence-electron chi connectivity index (χ3n) is 2.03. The normalized spacial score (nSPS) is 12.6. The second-order valence-corrected chi connectivity index (χ2v) is 4.20. The first kappa shape index (κ1) is 12.8. The van der Waals surface area contributed by atoms with Gasteiger partial charge in [-0.05, 0) is 12.0 Å². The molecular formula is C10H13NO4S. The lowest BCUT2D eigenvalue weighted by Crippen LogP contribution is -2.33. The van der Waals surface area contributed by atoms with Crippen molar-refractivity contribution in [3.63, 3.8) is 0 Å². The molecule has 6 heteroatoms. The third-order valence-corrected chi connectivity index (χ3v) is 2.78. The number of carboxylic acid groups (broad SMARTS) is 1. The van der Waals surface area contributed by atoms with Gasteiger partial charge in [-0.25, -0.2) is 4.21 Å². The fourth-order valence-corrected chi connectivity index (χ4v) is 1.73. The van der Waals surface area contributed by atoms with Crippen molar-refractivity contribution >= 4 is 17.2 Å². The molecule has 1 rings (SSSR count). The van der Waals surface area contributed by atoms with Gasteiger partial charge in [-0.2, -0.15) is 4.31 Å². The Balaban J connectivity index is 2.50. The lowest BCUT2D eigenvalue weighted by molar-refractivity contribution is -0.137. The molecule has 0 aliphatic heterocycles. The molecule has 0 amide bonds. The predicted octanol–water partition coefficient (Wildman–Crippen LogP) is 0.752. The smallest absolute Gasteiger partial charge is 0.318 e. The molecular weight excluding hydrogens is 230 g/mol. The average molecular weight is 243 g/mol. The molecule has 0 aliphatic carbocycles. The van der Waals surface area contributed by atoms with Crippen LogP contribution in [0.3, 0.4) is 0 Å². The summed E-state index contributed by atoms with van der Waals surface area (Å²) >= 11 is -2.25. The average Bonchev–Trinajstić information content (AvgIpc) is 2.25. The summed E-state index contributed by atoms with van der Waals surface area (Å²) in [7, 11) is 0. The quantitative estimate of drug-likeness (QED) is 0.723. The minimum Gasteiger partial charge on any atom is -0.480 e. The van der Waals surface area contributed by atoms with E-state index in [4.69, 9.17) is 9.66 Å². The van der Waals surface area contributed by atoms with Gasteiger partial charge in [0.1, 0.15) is 6.54 Å². The zero-order valence-corrected chi connectivity index (χ0v) is 9.39. The molecule has 2 N–H and O–H groups in total. The van der Waals surface area contributed by atoms with E-state index in [2.05, 4.69) is 0 Å². The summed E-state index contributed by atoms with van der Waals surface area (Å²) < 4.78 is 20.7. The fourth-order valence-electron chi connectivity index (χ4n) is 1.26. The van der Waals surface area contributed by atoms with Crippen LogP contribution in [-0.2, 0) is 22.5 Å². The number of hydrogen-bond donors (Lipinski definition) is 2. The van der Waals surface area contributed by atoms with Crippen LogP contribution in [0.1, 0.15) is 5.56 Å². The molecule has 5 nitrogen and oxygen atoms in total. The maximum Gasteiger partial charge on any atom is 0.318 e. The third kappa shape index (κ3) is 4.52. The van der Waals surface area contributed by atoms with Crippen LogP contribution >= 0.6 is 0 Å². The van der Waals surface area contributed by atoms with Crippen molar-refractivity contribution in [2.75, 3.05) is 13.1 Å². The van der Waals surface area contributed by atoms with Crippen molar-refractivity contribution in [1.29, 1.82) is 0 Å². The summed E-state index contributed by atoms with van der Waals surface area (Å²) in [6.45, 7) is -0.199. The molecule has 1 atom stereocenters. The number of rotatable bonds is 6. The number of benzene rings is 1. The molecule has 0 saturated heterocycles. The van der Waals surface area contributed by atoms with Gasteiger partial charge >= 0.3 is 5.97 Å². The Hall–Kier alpha value is -1.24. The number of hydrogen-bond acceptors (Lipinski definition) is 2. The van der Waals surface area contributed by atoms with Crippen molar-refractivity contribution < 1.29 is 18.7 Å². The van der Waals surface area contributed by atoms with Crippen molar-refractivity contribution in [3.05, 3.63) is 35.9 Å². The molecule has 88 valence electrons. The molecule has 0 fully saturated rings. The summed E-state index contributed by atoms with van der Waals surface area (Å²) in [5.41, 5.74) is 1.00. The molecule has 0 aliphatic rings. The van der Waals surface area contributed by atoms with E-state index >= 15 is 0 Å². The van der Waals surface area contributed by atoms with Crippen molar-refractivity contribution in [3.8, 4) is 0 Å². The van der Waals surface area contributed by atoms with Gasteiger partial charge < -0.3 is 5.11 Å². The predicted molar refractivity (Wildman–Crippen MR) is 60.1 cm³/mol. The first-order valence-corrected chi connectivity index (χ1v) is 5.77. The van der Waals surface area contributed by atoms with Crippen molar-refractivity contribution in [2.24, 2.45) is 0 Å². The second-order valence-electron chi connectivity index (χ2n) is 3.22. The number of aliphatic carboxylic acids is 1. The van der Waals surface area contributed by atoms with Gasteiger partial charge in [0.05, 0.1) is 0 Å². The molecule has 0 saturated carbocycles. The monoisotopic (exact) mass is 243 g/mol. The SMILES string of the molecule is O=C(O)CN(CCc1ccccc1)S(=O)O. The Labute approximate surface area is 96.1 Å². The molecule has 1 aromatic rings. The summed E-state index contributed by atoms with van der Waals surface area (Å²) in [6, 6.07) is 9.39. The minimum absolute atomic E-state index is 0.236.